The fourth-order valence-corrected chi connectivity index (χ4v) is 2.52. The molecule has 0 bridgehead atoms. The number of aryl methyl sites for hydroxylation is 1. The number of aromatic nitrogens is 1. The van der Waals surface area contributed by atoms with Crippen molar-refractivity contribution in [1.29, 1.82) is 0 Å². The zero-order chi connectivity index (χ0) is 17.0. The van der Waals surface area contributed by atoms with Gasteiger partial charge in [-0.3, -0.25) is 4.79 Å². The highest BCUT2D eigenvalue weighted by molar-refractivity contribution is 5.94. The van der Waals surface area contributed by atoms with Crippen LogP contribution in [0, 0.1) is 6.92 Å². The van der Waals surface area contributed by atoms with E-state index in [0.29, 0.717) is 18.4 Å². The van der Waals surface area contributed by atoms with Gasteiger partial charge in [0.15, 0.2) is 6.61 Å². The van der Waals surface area contributed by atoms with E-state index in [-0.39, 0.29) is 17.5 Å². The Morgan fingerprint density at radius 2 is 2.13 bits per heavy atom. The Bertz CT molecular complexity index is 563. The van der Waals surface area contributed by atoms with Gasteiger partial charge in [0.25, 0.3) is 5.91 Å². The predicted molar refractivity (Wildman–Crippen MR) is 76.3 cm³/mol. The first kappa shape index (κ1) is 17.5. The summed E-state index contributed by atoms with van der Waals surface area (Å²) in [4.78, 5) is 15.9. The van der Waals surface area contributed by atoms with Crippen LogP contribution in [0.1, 0.15) is 41.6 Å². The maximum Gasteiger partial charge on any atom is 0.422 e. The highest BCUT2D eigenvalue weighted by Crippen LogP contribution is 2.21. The Morgan fingerprint density at radius 3 is 2.74 bits per heavy atom. The van der Waals surface area contributed by atoms with Crippen LogP contribution in [0.4, 0.5) is 13.2 Å². The average molecular weight is 332 g/mol. The number of nitrogens with zero attached hydrogens (tertiary/aromatic N) is 1. The van der Waals surface area contributed by atoms with E-state index >= 15 is 0 Å². The first-order valence-electron chi connectivity index (χ1n) is 7.41. The molecule has 0 aliphatic heterocycles. The number of halogens is 3. The first-order valence-corrected chi connectivity index (χ1v) is 7.41. The van der Waals surface area contributed by atoms with Gasteiger partial charge in [0.05, 0.1) is 17.7 Å². The second-order valence-electron chi connectivity index (χ2n) is 5.68. The Kier molecular flexibility index (Phi) is 5.46. The quantitative estimate of drug-likeness (QED) is 0.888. The third kappa shape index (κ3) is 5.09. The fraction of sp³-hybridized carbons (Fsp3) is 0.600. The third-order valence-electron chi connectivity index (χ3n) is 3.71. The second-order valence-corrected chi connectivity index (χ2v) is 5.68. The lowest BCUT2D eigenvalue weighted by Gasteiger charge is -2.28. The van der Waals surface area contributed by atoms with Gasteiger partial charge in [-0.25, -0.2) is 4.98 Å². The summed E-state index contributed by atoms with van der Waals surface area (Å²) in [6.45, 7) is 0.0889. The molecule has 1 saturated carbocycles. The second kappa shape index (κ2) is 7.16. The molecule has 0 aromatic carbocycles. The van der Waals surface area contributed by atoms with Crippen molar-refractivity contribution in [3.63, 3.8) is 0 Å². The molecule has 1 heterocycles. The average Bonchev–Trinajstić information content (AvgIpc) is 2.47. The van der Waals surface area contributed by atoms with Crippen molar-refractivity contribution in [3.05, 3.63) is 23.4 Å². The van der Waals surface area contributed by atoms with Crippen molar-refractivity contribution in [2.24, 2.45) is 0 Å². The molecule has 1 fully saturated rings. The van der Waals surface area contributed by atoms with E-state index < -0.39 is 24.8 Å². The number of alkyl halides is 3. The highest BCUT2D eigenvalue weighted by atomic mass is 19.4. The molecule has 128 valence electrons. The molecule has 0 spiro atoms. The Hall–Kier alpha value is -1.83. The topological polar surface area (TPSA) is 71.5 Å². The Balaban J connectivity index is 2.00. The maximum absolute atomic E-state index is 12.2. The van der Waals surface area contributed by atoms with Crippen LogP contribution in [0.2, 0.25) is 0 Å². The van der Waals surface area contributed by atoms with E-state index in [0.717, 1.165) is 12.8 Å². The zero-order valence-corrected chi connectivity index (χ0v) is 12.7. The predicted octanol–water partition coefficient (Wildman–Crippen LogP) is 2.36. The molecule has 8 heteroatoms. The van der Waals surface area contributed by atoms with Gasteiger partial charge in [0.1, 0.15) is 0 Å². The fourth-order valence-electron chi connectivity index (χ4n) is 2.52. The van der Waals surface area contributed by atoms with Gasteiger partial charge in [0.2, 0.25) is 5.88 Å². The number of hydrogen-bond donors (Lipinski definition) is 2. The number of pyridine rings is 1. The summed E-state index contributed by atoms with van der Waals surface area (Å²) in [5.74, 6) is -0.564. The molecule has 0 radical (unpaired) electrons. The largest absolute Gasteiger partial charge is 0.468 e. The van der Waals surface area contributed by atoms with Crippen LogP contribution in [-0.4, -0.2) is 40.9 Å². The van der Waals surface area contributed by atoms with Gasteiger partial charge < -0.3 is 15.2 Å². The molecule has 5 nitrogen and oxygen atoms in total. The smallest absolute Gasteiger partial charge is 0.422 e. The summed E-state index contributed by atoms with van der Waals surface area (Å²) in [6, 6.07) is 1.11. The van der Waals surface area contributed by atoms with Gasteiger partial charge in [-0.05, 0) is 25.8 Å². The van der Waals surface area contributed by atoms with Gasteiger partial charge in [0, 0.05) is 11.8 Å². The van der Waals surface area contributed by atoms with Crippen LogP contribution in [-0.2, 0) is 0 Å². The molecule has 1 aliphatic carbocycles. The minimum absolute atomic E-state index is 0.156. The lowest BCUT2D eigenvalue weighted by atomic mass is 9.92. The van der Waals surface area contributed by atoms with E-state index in [2.05, 4.69) is 15.0 Å². The number of ether oxygens (including phenoxy) is 1. The number of aliphatic hydroxyl groups excluding tert-OH is 1. The summed E-state index contributed by atoms with van der Waals surface area (Å²) >= 11 is 0. The minimum atomic E-state index is -4.44. The summed E-state index contributed by atoms with van der Waals surface area (Å²) in [7, 11) is 0. The number of aliphatic hydroxyl groups is 1. The minimum Gasteiger partial charge on any atom is -0.468 e. The molecule has 1 aliphatic rings. The van der Waals surface area contributed by atoms with Crippen LogP contribution < -0.4 is 10.1 Å². The van der Waals surface area contributed by atoms with Gasteiger partial charge >= 0.3 is 6.18 Å². The molecule has 0 saturated heterocycles. The standard InChI is InChI=1S/C15H19F3N2O3/c1-9-6-10(7-19-14(9)23-8-15(16,17)18)13(22)20-11-4-2-3-5-12(11)21/h6-7,11-12,21H,2-5,8H2,1H3,(H,20,22). The molecule has 1 aromatic rings. The summed E-state index contributed by atoms with van der Waals surface area (Å²) in [6.07, 6.45) is -0.636. The van der Waals surface area contributed by atoms with Crippen molar-refractivity contribution in [1.82, 2.24) is 10.3 Å². The maximum atomic E-state index is 12.2. The van der Waals surface area contributed by atoms with E-state index in [1.54, 1.807) is 0 Å². The van der Waals surface area contributed by atoms with Crippen molar-refractivity contribution < 1.29 is 27.8 Å². The van der Waals surface area contributed by atoms with Crippen molar-refractivity contribution in [3.8, 4) is 5.88 Å². The molecular formula is C15H19F3N2O3. The Morgan fingerprint density at radius 1 is 1.43 bits per heavy atom. The van der Waals surface area contributed by atoms with Crippen molar-refractivity contribution >= 4 is 5.91 Å². The van der Waals surface area contributed by atoms with Crippen LogP contribution in [0.3, 0.4) is 0 Å². The van der Waals surface area contributed by atoms with Crippen LogP contribution in [0.25, 0.3) is 0 Å². The molecule has 2 rings (SSSR count). The van der Waals surface area contributed by atoms with E-state index in [9.17, 15) is 23.1 Å². The normalized spacial score (nSPS) is 21.8. The molecule has 1 aromatic heterocycles. The first-order chi connectivity index (χ1) is 10.8. The molecule has 2 unspecified atom stereocenters. The number of amides is 1. The molecule has 2 atom stereocenters. The molecule has 23 heavy (non-hydrogen) atoms. The highest BCUT2D eigenvalue weighted by Gasteiger charge is 2.29. The summed E-state index contributed by atoms with van der Waals surface area (Å²) in [5, 5.41) is 12.6. The summed E-state index contributed by atoms with van der Waals surface area (Å²) < 4.78 is 41.0. The number of rotatable bonds is 4. The molecule has 1 amide bonds. The lowest BCUT2D eigenvalue weighted by Crippen LogP contribution is -2.45. The van der Waals surface area contributed by atoms with Gasteiger partial charge in [-0.2, -0.15) is 13.2 Å². The third-order valence-corrected chi connectivity index (χ3v) is 3.71. The van der Waals surface area contributed by atoms with Crippen molar-refractivity contribution in [2.75, 3.05) is 6.61 Å². The van der Waals surface area contributed by atoms with Crippen LogP contribution >= 0.6 is 0 Å². The number of nitrogens with one attached hydrogen (secondary N) is 1. The molecule has 2 N–H and O–H groups in total. The molecular weight excluding hydrogens is 313 g/mol. The van der Waals surface area contributed by atoms with Crippen molar-refractivity contribution in [2.45, 2.75) is 50.9 Å². The number of carbonyl (C=O) groups is 1. The van der Waals surface area contributed by atoms with E-state index in [4.69, 9.17) is 0 Å². The van der Waals surface area contributed by atoms with Crippen LogP contribution in [0.5, 0.6) is 5.88 Å². The van der Waals surface area contributed by atoms with Gasteiger partial charge in [-0.1, -0.05) is 12.8 Å². The number of hydrogen-bond acceptors (Lipinski definition) is 4. The van der Waals surface area contributed by atoms with Gasteiger partial charge in [-0.15, -0.1) is 0 Å². The lowest BCUT2D eigenvalue weighted by molar-refractivity contribution is -0.154. The number of carbonyl (C=O) groups excluding carboxylic acids is 1. The monoisotopic (exact) mass is 332 g/mol. The van der Waals surface area contributed by atoms with Crippen LogP contribution in [0.15, 0.2) is 12.3 Å². The SMILES string of the molecule is Cc1cc(C(=O)NC2CCCCC2O)cnc1OCC(F)(F)F. The summed E-state index contributed by atoms with van der Waals surface area (Å²) in [5.41, 5.74) is 0.561. The zero-order valence-electron chi connectivity index (χ0n) is 12.7. The van der Waals surface area contributed by atoms with E-state index in [1.807, 2.05) is 0 Å². The van der Waals surface area contributed by atoms with E-state index in [1.165, 1.54) is 19.2 Å². The Labute approximate surface area is 131 Å².